The van der Waals surface area contributed by atoms with E-state index in [1.54, 1.807) is 4.90 Å². The molecule has 1 aliphatic heterocycles. The second-order valence-electron chi connectivity index (χ2n) is 4.19. The quantitative estimate of drug-likeness (QED) is 0.677. The first kappa shape index (κ1) is 9.92. The van der Waals surface area contributed by atoms with Gasteiger partial charge in [-0.25, -0.2) is 0 Å². The summed E-state index contributed by atoms with van der Waals surface area (Å²) in [6.07, 6.45) is 5.30. The first-order valence-electron chi connectivity index (χ1n) is 5.54. The van der Waals surface area contributed by atoms with Crippen molar-refractivity contribution in [3.63, 3.8) is 0 Å². The second-order valence-corrected chi connectivity index (χ2v) is 4.19. The highest BCUT2D eigenvalue weighted by atomic mass is 16.2. The molecule has 0 fully saturated rings. The maximum absolute atomic E-state index is 12.2. The summed E-state index contributed by atoms with van der Waals surface area (Å²) in [5.41, 5.74) is 1.94. The maximum Gasteiger partial charge on any atom is 0.255 e. The highest BCUT2D eigenvalue weighted by molar-refractivity contribution is 6.10. The Bertz CT molecular complexity index is 646. The fourth-order valence-corrected chi connectivity index (χ4v) is 2.41. The molecule has 0 atom stereocenters. The molecule has 2 heteroatoms. The molecule has 0 N–H and O–H groups in total. The molecule has 0 saturated carbocycles. The van der Waals surface area contributed by atoms with E-state index in [1.165, 1.54) is 5.56 Å². The van der Waals surface area contributed by atoms with Gasteiger partial charge in [0, 0.05) is 12.1 Å². The summed E-state index contributed by atoms with van der Waals surface area (Å²) in [7, 11) is 0. The molecule has 0 radical (unpaired) electrons. The number of terminal acetylenes is 1. The molecule has 0 aromatic heterocycles. The fraction of sp³-hybridized carbons (Fsp3) is 0.133. The van der Waals surface area contributed by atoms with Crippen molar-refractivity contribution in [2.75, 3.05) is 6.54 Å². The van der Waals surface area contributed by atoms with Crippen LogP contribution in [0, 0.1) is 12.3 Å². The van der Waals surface area contributed by atoms with Gasteiger partial charge in [-0.05, 0) is 22.4 Å². The molecule has 1 aliphatic rings. The number of rotatable bonds is 1. The number of benzene rings is 2. The van der Waals surface area contributed by atoms with E-state index in [9.17, 15) is 4.79 Å². The third-order valence-electron chi connectivity index (χ3n) is 3.15. The number of carbonyl (C=O) groups is 1. The number of carbonyl (C=O) groups excluding carboxylic acids is 1. The molecule has 0 unspecified atom stereocenters. The summed E-state index contributed by atoms with van der Waals surface area (Å²) in [5, 5.41) is 2.20. The van der Waals surface area contributed by atoms with Crippen molar-refractivity contribution in [1.29, 1.82) is 0 Å². The maximum atomic E-state index is 12.2. The van der Waals surface area contributed by atoms with Crippen LogP contribution in [-0.2, 0) is 6.54 Å². The molecule has 2 nitrogen and oxygen atoms in total. The molecule has 3 rings (SSSR count). The lowest BCUT2D eigenvalue weighted by atomic mass is 9.95. The summed E-state index contributed by atoms with van der Waals surface area (Å²) >= 11 is 0. The topological polar surface area (TPSA) is 20.3 Å². The largest absolute Gasteiger partial charge is 0.323 e. The molecule has 1 heterocycles. The van der Waals surface area contributed by atoms with E-state index in [0.29, 0.717) is 13.1 Å². The molecule has 82 valence electrons. The predicted molar refractivity (Wildman–Crippen MR) is 67.5 cm³/mol. The van der Waals surface area contributed by atoms with E-state index >= 15 is 0 Å². The average Bonchev–Trinajstić information content (AvgIpc) is 2.36. The molecule has 1 amide bonds. The van der Waals surface area contributed by atoms with Crippen LogP contribution in [0.25, 0.3) is 10.8 Å². The Labute approximate surface area is 99.9 Å². The standard InChI is InChI=1S/C15H11NO/c1-2-9-16-10-12-7-3-5-11-6-4-8-13(14(11)12)15(16)17/h1,3-8H,9-10H2. The van der Waals surface area contributed by atoms with Gasteiger partial charge in [0.15, 0.2) is 0 Å². The van der Waals surface area contributed by atoms with E-state index in [-0.39, 0.29) is 5.91 Å². The number of amides is 1. The van der Waals surface area contributed by atoms with Crippen LogP contribution in [0.4, 0.5) is 0 Å². The number of hydrogen-bond donors (Lipinski definition) is 0. The van der Waals surface area contributed by atoms with Crippen LogP contribution in [0.1, 0.15) is 15.9 Å². The van der Waals surface area contributed by atoms with Gasteiger partial charge >= 0.3 is 0 Å². The van der Waals surface area contributed by atoms with Gasteiger partial charge in [0.1, 0.15) is 0 Å². The molecule has 0 aliphatic carbocycles. The fourth-order valence-electron chi connectivity index (χ4n) is 2.41. The second kappa shape index (κ2) is 3.64. The molecule has 0 spiro atoms. The van der Waals surface area contributed by atoms with Gasteiger partial charge < -0.3 is 4.90 Å². The Morgan fingerprint density at radius 3 is 2.76 bits per heavy atom. The van der Waals surface area contributed by atoms with Gasteiger partial charge in [0.25, 0.3) is 5.91 Å². The van der Waals surface area contributed by atoms with Crippen molar-refractivity contribution in [3.8, 4) is 12.3 Å². The summed E-state index contributed by atoms with van der Waals surface area (Å²) in [5.74, 6) is 2.57. The summed E-state index contributed by atoms with van der Waals surface area (Å²) in [6.45, 7) is 0.973. The first-order chi connectivity index (χ1) is 8.31. The van der Waals surface area contributed by atoms with Crippen molar-refractivity contribution < 1.29 is 4.79 Å². The van der Waals surface area contributed by atoms with Crippen LogP contribution >= 0.6 is 0 Å². The van der Waals surface area contributed by atoms with Crippen LogP contribution in [0.15, 0.2) is 36.4 Å². The molecule has 0 saturated heterocycles. The van der Waals surface area contributed by atoms with Crippen molar-refractivity contribution in [2.24, 2.45) is 0 Å². The Morgan fingerprint density at radius 2 is 2.00 bits per heavy atom. The SMILES string of the molecule is C#CCN1Cc2cccc3cccc(c23)C1=O. The lowest BCUT2D eigenvalue weighted by Crippen LogP contribution is -2.34. The van der Waals surface area contributed by atoms with Crippen molar-refractivity contribution in [1.82, 2.24) is 4.90 Å². The molecule has 2 aromatic carbocycles. The number of hydrogen-bond acceptors (Lipinski definition) is 1. The Morgan fingerprint density at radius 1 is 1.24 bits per heavy atom. The van der Waals surface area contributed by atoms with Crippen molar-refractivity contribution in [3.05, 3.63) is 47.5 Å². The zero-order valence-electron chi connectivity index (χ0n) is 9.31. The lowest BCUT2D eigenvalue weighted by molar-refractivity contribution is 0.0761. The molecular weight excluding hydrogens is 210 g/mol. The minimum Gasteiger partial charge on any atom is -0.323 e. The first-order valence-corrected chi connectivity index (χ1v) is 5.54. The minimum absolute atomic E-state index is 0.0345. The summed E-state index contributed by atoms with van der Waals surface area (Å²) in [6, 6.07) is 11.9. The lowest BCUT2D eigenvalue weighted by Gasteiger charge is -2.27. The van der Waals surface area contributed by atoms with E-state index in [0.717, 1.165) is 16.3 Å². The third-order valence-corrected chi connectivity index (χ3v) is 3.15. The van der Waals surface area contributed by atoms with Gasteiger partial charge in [0.05, 0.1) is 6.54 Å². The highest BCUT2D eigenvalue weighted by Crippen LogP contribution is 2.29. The monoisotopic (exact) mass is 221 g/mol. The predicted octanol–water partition coefficient (Wildman–Crippen LogP) is 2.43. The smallest absolute Gasteiger partial charge is 0.255 e. The third kappa shape index (κ3) is 1.40. The van der Waals surface area contributed by atoms with E-state index < -0.39 is 0 Å². The summed E-state index contributed by atoms with van der Waals surface area (Å²) < 4.78 is 0. The zero-order chi connectivity index (χ0) is 11.8. The van der Waals surface area contributed by atoms with Gasteiger partial charge in [-0.15, -0.1) is 6.42 Å². The van der Waals surface area contributed by atoms with Gasteiger partial charge in [-0.2, -0.15) is 0 Å². The number of nitrogens with zero attached hydrogens (tertiary/aromatic N) is 1. The Kier molecular flexibility index (Phi) is 2.12. The minimum atomic E-state index is 0.0345. The molecular formula is C15H11NO. The zero-order valence-corrected chi connectivity index (χ0v) is 9.31. The summed E-state index contributed by atoms with van der Waals surface area (Å²) in [4.78, 5) is 13.9. The van der Waals surface area contributed by atoms with Crippen LogP contribution < -0.4 is 0 Å². The Hall–Kier alpha value is -2.27. The van der Waals surface area contributed by atoms with E-state index in [1.807, 2.05) is 30.3 Å². The highest BCUT2D eigenvalue weighted by Gasteiger charge is 2.24. The van der Waals surface area contributed by atoms with Crippen molar-refractivity contribution in [2.45, 2.75) is 6.54 Å². The van der Waals surface area contributed by atoms with Crippen LogP contribution in [0.3, 0.4) is 0 Å². The van der Waals surface area contributed by atoms with E-state index in [2.05, 4.69) is 12.0 Å². The van der Waals surface area contributed by atoms with Crippen LogP contribution in [0.2, 0.25) is 0 Å². The van der Waals surface area contributed by atoms with Crippen LogP contribution in [0.5, 0.6) is 0 Å². The van der Waals surface area contributed by atoms with Gasteiger partial charge in [-0.1, -0.05) is 36.3 Å². The van der Waals surface area contributed by atoms with Gasteiger partial charge in [0.2, 0.25) is 0 Å². The van der Waals surface area contributed by atoms with Gasteiger partial charge in [-0.3, -0.25) is 4.79 Å². The van der Waals surface area contributed by atoms with Crippen LogP contribution in [-0.4, -0.2) is 17.4 Å². The van der Waals surface area contributed by atoms with Crippen molar-refractivity contribution >= 4 is 16.7 Å². The normalized spacial score (nSPS) is 13.8. The average molecular weight is 221 g/mol. The van der Waals surface area contributed by atoms with E-state index in [4.69, 9.17) is 6.42 Å². The molecule has 0 bridgehead atoms. The molecule has 17 heavy (non-hydrogen) atoms. The Balaban J connectivity index is 2.26. The molecule has 2 aromatic rings.